The van der Waals surface area contributed by atoms with Gasteiger partial charge in [-0.2, -0.15) is 0 Å². The third-order valence-electron chi connectivity index (χ3n) is 1.86. The van der Waals surface area contributed by atoms with Gasteiger partial charge in [-0.15, -0.1) is 0 Å². The summed E-state index contributed by atoms with van der Waals surface area (Å²) in [6.07, 6.45) is 9.91. The summed E-state index contributed by atoms with van der Waals surface area (Å²) >= 11 is 0. The quantitative estimate of drug-likeness (QED) is 0.490. The molecule has 0 aliphatic rings. The highest BCUT2D eigenvalue weighted by Gasteiger charge is 1.89. The molecule has 0 saturated heterocycles. The summed E-state index contributed by atoms with van der Waals surface area (Å²) in [5.74, 6) is 0.585. The van der Waals surface area contributed by atoms with E-state index < -0.39 is 0 Å². The summed E-state index contributed by atoms with van der Waals surface area (Å²) in [6.45, 7) is 5.47. The van der Waals surface area contributed by atoms with Crippen molar-refractivity contribution in [2.45, 2.75) is 26.7 Å². The fourth-order valence-corrected chi connectivity index (χ4v) is 0.788. The van der Waals surface area contributed by atoms with Gasteiger partial charge < -0.3 is 5.73 Å². The molecule has 0 rings (SSSR count). The molecule has 0 fully saturated rings. The summed E-state index contributed by atoms with van der Waals surface area (Å²) in [6, 6.07) is 0. The maximum absolute atomic E-state index is 5.19. The van der Waals surface area contributed by atoms with Gasteiger partial charge in [0.15, 0.2) is 0 Å². The molecule has 1 atom stereocenters. The molecule has 1 unspecified atom stereocenters. The van der Waals surface area contributed by atoms with Gasteiger partial charge in [0.25, 0.3) is 0 Å². The normalized spacial score (nSPS) is 14.8. The molecule has 0 spiro atoms. The van der Waals surface area contributed by atoms with Crippen molar-refractivity contribution in [3.63, 3.8) is 0 Å². The number of hydrogen-bond acceptors (Lipinski definition) is 3. The minimum Gasteiger partial charge on any atom is -0.312 e. The van der Waals surface area contributed by atoms with Gasteiger partial charge in [0.2, 0.25) is 0 Å². The monoisotopic (exact) mass is 195 g/mol. The Morgan fingerprint density at radius 1 is 1.29 bits per heavy atom. The molecule has 2 N–H and O–H groups in total. The Morgan fingerprint density at radius 2 is 2.07 bits per heavy atom. The van der Waals surface area contributed by atoms with E-state index >= 15 is 0 Å². The average Bonchev–Trinajstić information content (AvgIpc) is 2.21. The van der Waals surface area contributed by atoms with Crippen LogP contribution in [-0.4, -0.2) is 25.6 Å². The maximum Gasteiger partial charge on any atom is 0.0855 e. The lowest BCUT2D eigenvalue weighted by Crippen LogP contribution is -1.93. The van der Waals surface area contributed by atoms with Crippen molar-refractivity contribution in [3.8, 4) is 0 Å². The van der Waals surface area contributed by atoms with Crippen LogP contribution < -0.4 is 5.73 Å². The molecule has 0 aromatic heterocycles. The van der Waals surface area contributed by atoms with E-state index in [1.807, 2.05) is 24.6 Å². The summed E-state index contributed by atoms with van der Waals surface area (Å²) < 4.78 is 0. The van der Waals surface area contributed by atoms with Crippen molar-refractivity contribution in [1.82, 2.24) is 0 Å². The summed E-state index contributed by atoms with van der Waals surface area (Å²) in [5.41, 5.74) is 5.19. The molecule has 0 aliphatic heterocycles. The third-order valence-corrected chi connectivity index (χ3v) is 1.86. The molecule has 0 bridgehead atoms. The van der Waals surface area contributed by atoms with Crippen LogP contribution in [0, 0.1) is 5.92 Å². The van der Waals surface area contributed by atoms with Crippen LogP contribution in [0.25, 0.3) is 0 Å². The first-order valence-corrected chi connectivity index (χ1v) is 5.14. The number of allylic oxidation sites excluding steroid dienone is 1. The molecule has 0 saturated carbocycles. The zero-order valence-corrected chi connectivity index (χ0v) is 9.19. The minimum atomic E-state index is 0.375. The lowest BCUT2D eigenvalue weighted by molar-refractivity contribution is 0.752. The highest BCUT2D eigenvalue weighted by molar-refractivity contribution is 5.60. The van der Waals surface area contributed by atoms with Crippen molar-refractivity contribution < 1.29 is 0 Å². The second-order valence-electron chi connectivity index (χ2n) is 3.15. The molecule has 3 heteroatoms. The topological polar surface area (TPSA) is 50.7 Å². The van der Waals surface area contributed by atoms with E-state index in [0.29, 0.717) is 12.6 Å². The molecule has 0 aliphatic carbocycles. The van der Waals surface area contributed by atoms with Crippen LogP contribution in [0.5, 0.6) is 0 Å². The number of hydrogen-bond donors (Lipinski definition) is 1. The fourth-order valence-electron chi connectivity index (χ4n) is 0.788. The second-order valence-corrected chi connectivity index (χ2v) is 3.15. The highest BCUT2D eigenvalue weighted by atomic mass is 14.8. The summed E-state index contributed by atoms with van der Waals surface area (Å²) in [4.78, 5) is 8.17. The van der Waals surface area contributed by atoms with Gasteiger partial charge in [-0.05, 0) is 12.3 Å². The van der Waals surface area contributed by atoms with Gasteiger partial charge in [0.05, 0.1) is 13.2 Å². The van der Waals surface area contributed by atoms with Crippen LogP contribution in [0.15, 0.2) is 22.1 Å². The molecule has 14 heavy (non-hydrogen) atoms. The van der Waals surface area contributed by atoms with Crippen molar-refractivity contribution in [1.29, 1.82) is 0 Å². The SMILES string of the molecule is CCC(C)/C=N\C/C=C\C/C=N\CN. The van der Waals surface area contributed by atoms with Gasteiger partial charge in [0, 0.05) is 18.9 Å². The minimum absolute atomic E-state index is 0.375. The Labute approximate surface area is 86.8 Å². The van der Waals surface area contributed by atoms with Gasteiger partial charge in [-0.1, -0.05) is 26.0 Å². The number of aliphatic imine (C=N–C) groups is 2. The molecule has 0 radical (unpaired) electrons. The average molecular weight is 195 g/mol. The van der Waals surface area contributed by atoms with E-state index in [0.717, 1.165) is 19.4 Å². The molecule has 0 amide bonds. The van der Waals surface area contributed by atoms with E-state index in [2.05, 4.69) is 23.8 Å². The van der Waals surface area contributed by atoms with Crippen LogP contribution in [0.3, 0.4) is 0 Å². The Morgan fingerprint density at radius 3 is 2.71 bits per heavy atom. The Balaban J connectivity index is 3.43. The molecule has 0 aromatic rings. The maximum atomic E-state index is 5.19. The van der Waals surface area contributed by atoms with E-state index in [-0.39, 0.29) is 0 Å². The standard InChI is InChI=1S/C11H21N3/c1-3-11(2)9-13-7-5-4-6-8-14-10-12/h4-5,8-9,11H,3,6-7,10,12H2,1-2H3/b5-4-,13-9-,14-8-. The molecular weight excluding hydrogens is 174 g/mol. The van der Waals surface area contributed by atoms with Crippen LogP contribution in [0.2, 0.25) is 0 Å². The second kappa shape index (κ2) is 10.1. The highest BCUT2D eigenvalue weighted by Crippen LogP contribution is 1.95. The van der Waals surface area contributed by atoms with E-state index in [1.165, 1.54) is 0 Å². The van der Waals surface area contributed by atoms with Crippen molar-refractivity contribution in [2.75, 3.05) is 13.2 Å². The predicted octanol–water partition coefficient (Wildman–Crippen LogP) is 2.04. The lowest BCUT2D eigenvalue weighted by atomic mass is 10.1. The first kappa shape index (κ1) is 13.0. The smallest absolute Gasteiger partial charge is 0.0855 e. The van der Waals surface area contributed by atoms with Crippen molar-refractivity contribution in [3.05, 3.63) is 12.2 Å². The molecule has 0 aromatic carbocycles. The lowest BCUT2D eigenvalue weighted by Gasteiger charge is -1.96. The number of nitrogens with two attached hydrogens (primary N) is 1. The van der Waals surface area contributed by atoms with E-state index in [4.69, 9.17) is 5.73 Å². The summed E-state index contributed by atoms with van der Waals surface area (Å²) in [5, 5.41) is 0. The van der Waals surface area contributed by atoms with Crippen molar-refractivity contribution >= 4 is 12.4 Å². The predicted molar refractivity (Wildman–Crippen MR) is 64.1 cm³/mol. The third kappa shape index (κ3) is 9.13. The van der Waals surface area contributed by atoms with E-state index in [1.54, 1.807) is 0 Å². The van der Waals surface area contributed by atoms with Crippen LogP contribution in [0.4, 0.5) is 0 Å². The summed E-state index contributed by atoms with van der Waals surface area (Å²) in [7, 11) is 0. The molecule has 0 heterocycles. The largest absolute Gasteiger partial charge is 0.312 e. The van der Waals surface area contributed by atoms with Crippen LogP contribution in [0.1, 0.15) is 26.7 Å². The Hall–Kier alpha value is -0.960. The van der Waals surface area contributed by atoms with Gasteiger partial charge in [-0.25, -0.2) is 0 Å². The Kier molecular flexibility index (Phi) is 9.43. The molecular formula is C11H21N3. The van der Waals surface area contributed by atoms with Gasteiger partial charge in [-0.3, -0.25) is 9.98 Å². The Bertz CT molecular complexity index is 195. The number of rotatable bonds is 7. The van der Waals surface area contributed by atoms with Crippen LogP contribution in [-0.2, 0) is 0 Å². The first-order chi connectivity index (χ1) is 6.81. The number of nitrogens with zero attached hydrogens (tertiary/aromatic N) is 2. The van der Waals surface area contributed by atoms with E-state index in [9.17, 15) is 0 Å². The fraction of sp³-hybridized carbons (Fsp3) is 0.636. The van der Waals surface area contributed by atoms with Crippen LogP contribution >= 0.6 is 0 Å². The van der Waals surface area contributed by atoms with Crippen molar-refractivity contribution in [2.24, 2.45) is 21.6 Å². The zero-order valence-electron chi connectivity index (χ0n) is 9.19. The zero-order chi connectivity index (χ0) is 10.6. The van der Waals surface area contributed by atoms with Gasteiger partial charge in [0.1, 0.15) is 0 Å². The molecule has 3 nitrogen and oxygen atoms in total. The molecule has 80 valence electrons. The first-order valence-electron chi connectivity index (χ1n) is 5.14. The van der Waals surface area contributed by atoms with Gasteiger partial charge >= 0.3 is 0 Å².